The van der Waals surface area contributed by atoms with E-state index in [0.717, 1.165) is 38.8 Å². The van der Waals surface area contributed by atoms with Crippen LogP contribution in [0, 0.1) is 20.8 Å². The minimum absolute atomic E-state index is 0.178. The van der Waals surface area contributed by atoms with Crippen LogP contribution in [0.1, 0.15) is 27.0 Å². The molecule has 1 heterocycles. The number of nitrogens with zero attached hydrogens (tertiary/aromatic N) is 1. The summed E-state index contributed by atoms with van der Waals surface area (Å²) in [6.07, 6.45) is 0. The smallest absolute Gasteiger partial charge is 0.256 e. The molecule has 4 rings (SSSR count). The van der Waals surface area contributed by atoms with Crippen LogP contribution in [0.4, 0.5) is 5.69 Å². The fourth-order valence-electron chi connectivity index (χ4n) is 3.78. The summed E-state index contributed by atoms with van der Waals surface area (Å²) in [4.78, 5) is 18.2. The molecular formula is C25H20Cl2N2O. The van der Waals surface area contributed by atoms with Crippen LogP contribution in [0.5, 0.6) is 0 Å². The highest BCUT2D eigenvalue weighted by Crippen LogP contribution is 2.35. The van der Waals surface area contributed by atoms with Crippen LogP contribution in [0.3, 0.4) is 0 Å². The summed E-state index contributed by atoms with van der Waals surface area (Å²) in [5.41, 5.74) is 6.44. The van der Waals surface area contributed by atoms with Crippen molar-refractivity contribution in [1.29, 1.82) is 0 Å². The number of anilines is 1. The van der Waals surface area contributed by atoms with Gasteiger partial charge in [-0.25, -0.2) is 4.98 Å². The number of aryl methyl sites for hydroxylation is 2. The Bertz CT molecular complexity index is 1280. The number of pyridine rings is 1. The number of rotatable bonds is 3. The monoisotopic (exact) mass is 434 g/mol. The average molecular weight is 435 g/mol. The quantitative estimate of drug-likeness (QED) is 0.365. The summed E-state index contributed by atoms with van der Waals surface area (Å²) in [6.45, 7) is 5.92. The topological polar surface area (TPSA) is 42.0 Å². The van der Waals surface area contributed by atoms with E-state index >= 15 is 0 Å². The lowest BCUT2D eigenvalue weighted by molar-refractivity contribution is 0.102. The largest absolute Gasteiger partial charge is 0.322 e. The molecule has 0 aliphatic rings. The van der Waals surface area contributed by atoms with Gasteiger partial charge in [0, 0.05) is 21.7 Å². The summed E-state index contributed by atoms with van der Waals surface area (Å²) in [7, 11) is 0. The lowest BCUT2D eigenvalue weighted by Gasteiger charge is -2.16. The molecule has 0 unspecified atom stereocenters. The van der Waals surface area contributed by atoms with Crippen LogP contribution < -0.4 is 5.32 Å². The average Bonchev–Trinajstić information content (AvgIpc) is 2.67. The van der Waals surface area contributed by atoms with Gasteiger partial charge in [-0.3, -0.25) is 4.79 Å². The fraction of sp³-hybridized carbons (Fsp3) is 0.120. The van der Waals surface area contributed by atoms with Gasteiger partial charge in [0.2, 0.25) is 0 Å². The highest BCUT2D eigenvalue weighted by atomic mass is 35.5. The Labute approximate surface area is 185 Å². The number of fused-ring (bicyclic) bond motifs is 1. The highest BCUT2D eigenvalue weighted by Gasteiger charge is 2.20. The number of aromatic nitrogens is 1. The molecule has 1 aromatic heterocycles. The van der Waals surface area contributed by atoms with Crippen molar-refractivity contribution in [3.8, 4) is 11.3 Å². The Balaban J connectivity index is 1.90. The molecule has 1 N–H and O–H groups in total. The van der Waals surface area contributed by atoms with Crippen molar-refractivity contribution in [2.75, 3.05) is 5.32 Å². The van der Waals surface area contributed by atoms with Crippen LogP contribution in [0.15, 0.2) is 60.7 Å². The summed E-state index contributed by atoms with van der Waals surface area (Å²) in [5.74, 6) is -0.178. The first-order valence-electron chi connectivity index (χ1n) is 9.58. The van der Waals surface area contributed by atoms with Crippen LogP contribution in [0.25, 0.3) is 22.2 Å². The number of benzene rings is 3. The number of halogens is 2. The Morgan fingerprint density at radius 3 is 2.30 bits per heavy atom. The molecule has 0 atom stereocenters. The maximum absolute atomic E-state index is 13.4. The van der Waals surface area contributed by atoms with E-state index < -0.39 is 0 Å². The Hall–Kier alpha value is -2.88. The zero-order valence-electron chi connectivity index (χ0n) is 16.9. The molecule has 3 aromatic carbocycles. The molecule has 30 heavy (non-hydrogen) atoms. The van der Waals surface area contributed by atoms with Gasteiger partial charge in [-0.1, -0.05) is 47.5 Å². The van der Waals surface area contributed by atoms with E-state index in [0.29, 0.717) is 21.3 Å². The molecule has 0 bridgehead atoms. The van der Waals surface area contributed by atoms with E-state index in [-0.39, 0.29) is 5.91 Å². The number of carbonyl (C=O) groups is 1. The first-order valence-corrected chi connectivity index (χ1v) is 10.3. The van der Waals surface area contributed by atoms with Crippen molar-refractivity contribution in [3.05, 3.63) is 93.0 Å². The summed E-state index contributed by atoms with van der Waals surface area (Å²) in [6, 6.07) is 18.9. The van der Waals surface area contributed by atoms with Crippen LogP contribution in [-0.2, 0) is 0 Å². The Morgan fingerprint density at radius 2 is 1.60 bits per heavy atom. The van der Waals surface area contributed by atoms with Crippen molar-refractivity contribution in [3.63, 3.8) is 0 Å². The minimum Gasteiger partial charge on any atom is -0.322 e. The molecule has 0 radical (unpaired) electrons. The van der Waals surface area contributed by atoms with E-state index in [9.17, 15) is 4.79 Å². The van der Waals surface area contributed by atoms with Gasteiger partial charge in [0.1, 0.15) is 0 Å². The van der Waals surface area contributed by atoms with Gasteiger partial charge in [0.15, 0.2) is 0 Å². The van der Waals surface area contributed by atoms with E-state index in [2.05, 4.69) is 11.4 Å². The fourth-order valence-corrected chi connectivity index (χ4v) is 4.28. The SMILES string of the molecule is Cc1cc(C)cc(NC(=O)c2c(C)c(-c3ccc(Cl)cc3Cl)nc3ccccc23)c1. The van der Waals surface area contributed by atoms with Crippen molar-refractivity contribution in [2.24, 2.45) is 0 Å². The minimum atomic E-state index is -0.178. The molecule has 150 valence electrons. The third-order valence-electron chi connectivity index (χ3n) is 5.03. The van der Waals surface area contributed by atoms with E-state index in [4.69, 9.17) is 28.2 Å². The number of amides is 1. The van der Waals surface area contributed by atoms with Crippen molar-refractivity contribution in [2.45, 2.75) is 20.8 Å². The maximum atomic E-state index is 13.4. The second-order valence-electron chi connectivity index (χ2n) is 7.43. The summed E-state index contributed by atoms with van der Waals surface area (Å²) in [5, 5.41) is 4.90. The second kappa shape index (κ2) is 8.10. The maximum Gasteiger partial charge on any atom is 0.256 e. The molecule has 0 saturated carbocycles. The lowest BCUT2D eigenvalue weighted by atomic mass is 9.97. The van der Waals surface area contributed by atoms with Gasteiger partial charge in [0.25, 0.3) is 5.91 Å². The first kappa shape index (κ1) is 20.4. The first-order chi connectivity index (χ1) is 14.3. The molecule has 4 aromatic rings. The summed E-state index contributed by atoms with van der Waals surface area (Å²) < 4.78 is 0. The van der Waals surface area contributed by atoms with Gasteiger partial charge in [-0.15, -0.1) is 0 Å². The zero-order chi connectivity index (χ0) is 21.4. The predicted octanol–water partition coefficient (Wildman–Crippen LogP) is 7.39. The number of carbonyl (C=O) groups excluding carboxylic acids is 1. The molecule has 0 aliphatic heterocycles. The molecule has 0 fully saturated rings. The second-order valence-corrected chi connectivity index (χ2v) is 8.28. The molecule has 3 nitrogen and oxygen atoms in total. The predicted molar refractivity (Wildman–Crippen MR) is 126 cm³/mol. The molecule has 0 saturated heterocycles. The van der Waals surface area contributed by atoms with Gasteiger partial charge in [-0.05, 0) is 73.9 Å². The molecule has 1 amide bonds. The Morgan fingerprint density at radius 1 is 0.900 bits per heavy atom. The van der Waals surface area contributed by atoms with Gasteiger partial charge < -0.3 is 5.32 Å². The van der Waals surface area contributed by atoms with Crippen LogP contribution in [-0.4, -0.2) is 10.9 Å². The third-order valence-corrected chi connectivity index (χ3v) is 5.58. The molecule has 0 aliphatic carbocycles. The zero-order valence-corrected chi connectivity index (χ0v) is 18.4. The Kier molecular flexibility index (Phi) is 5.50. The van der Waals surface area contributed by atoms with E-state index in [1.807, 2.05) is 63.2 Å². The van der Waals surface area contributed by atoms with Gasteiger partial charge in [0.05, 0.1) is 21.8 Å². The number of hydrogen-bond acceptors (Lipinski definition) is 2. The molecule has 0 spiro atoms. The number of nitrogens with one attached hydrogen (secondary N) is 1. The van der Waals surface area contributed by atoms with Crippen molar-refractivity contribution in [1.82, 2.24) is 4.98 Å². The third kappa shape index (κ3) is 3.91. The van der Waals surface area contributed by atoms with E-state index in [1.54, 1.807) is 12.1 Å². The van der Waals surface area contributed by atoms with Crippen LogP contribution >= 0.6 is 23.2 Å². The van der Waals surface area contributed by atoms with Gasteiger partial charge in [-0.2, -0.15) is 0 Å². The van der Waals surface area contributed by atoms with Crippen molar-refractivity contribution >= 4 is 45.7 Å². The molecular weight excluding hydrogens is 415 g/mol. The highest BCUT2D eigenvalue weighted by molar-refractivity contribution is 6.36. The number of para-hydroxylation sites is 1. The van der Waals surface area contributed by atoms with Gasteiger partial charge >= 0.3 is 0 Å². The molecule has 5 heteroatoms. The van der Waals surface area contributed by atoms with E-state index in [1.165, 1.54) is 0 Å². The lowest BCUT2D eigenvalue weighted by Crippen LogP contribution is -2.15. The van der Waals surface area contributed by atoms with Crippen molar-refractivity contribution < 1.29 is 4.79 Å². The summed E-state index contributed by atoms with van der Waals surface area (Å²) >= 11 is 12.5. The standard InChI is InChI=1S/C25H20Cl2N2O/c1-14-10-15(2)12-18(11-14)28-25(30)23-16(3)24(19-9-8-17(26)13-21(19)27)29-22-7-5-4-6-20(22)23/h4-13H,1-3H3,(H,28,30). The number of hydrogen-bond donors (Lipinski definition) is 1. The normalized spacial score (nSPS) is 11.0. The van der Waals surface area contributed by atoms with Crippen LogP contribution in [0.2, 0.25) is 10.0 Å².